The van der Waals surface area contributed by atoms with Gasteiger partial charge in [-0.3, -0.25) is 0 Å². The minimum absolute atomic E-state index is 0.528. The average Bonchev–Trinajstić information content (AvgIpc) is 4.13. The molecule has 14 aromatic rings. The van der Waals surface area contributed by atoms with E-state index >= 15 is 0 Å². The van der Waals surface area contributed by atoms with E-state index < -0.39 is 0 Å². The Morgan fingerprint density at radius 3 is 1.67 bits per heavy atom. The summed E-state index contributed by atoms with van der Waals surface area (Å²) in [4.78, 5) is 15.5. The molecule has 0 spiro atoms. The number of hydrogen-bond acceptors (Lipinski definition) is 7. The molecule has 6 nitrogen and oxygen atoms in total. The van der Waals surface area contributed by atoms with Crippen molar-refractivity contribution >= 4 is 97.3 Å². The first kappa shape index (κ1) is 35.2. The zero-order valence-corrected chi connectivity index (χ0v) is 34.7. The predicted molar refractivity (Wildman–Crippen MR) is 262 cm³/mol. The molecule has 0 aliphatic carbocycles. The van der Waals surface area contributed by atoms with E-state index in [1.807, 2.05) is 84.1 Å². The van der Waals surface area contributed by atoms with Crippen LogP contribution in [-0.4, -0.2) is 15.0 Å². The molecule has 298 valence electrons. The molecule has 5 aromatic heterocycles. The summed E-state index contributed by atoms with van der Waals surface area (Å²) in [6.07, 6.45) is 0. The molecule has 0 amide bonds. The fourth-order valence-electron chi connectivity index (χ4n) is 9.59. The highest BCUT2D eigenvalue weighted by Crippen LogP contribution is 2.44. The van der Waals surface area contributed by atoms with E-state index in [9.17, 15) is 0 Å². The van der Waals surface area contributed by atoms with Crippen LogP contribution < -0.4 is 0 Å². The first-order chi connectivity index (χ1) is 31.7. The highest BCUT2D eigenvalue weighted by molar-refractivity contribution is 7.25. The number of hydrogen-bond donors (Lipinski definition) is 0. The minimum atomic E-state index is 0.528. The Hall–Kier alpha value is -8.39. The molecule has 0 radical (unpaired) electrons. The molecule has 7 heteroatoms. The molecule has 14 rings (SSSR count). The maximum atomic E-state index is 6.58. The van der Waals surface area contributed by atoms with E-state index in [0.29, 0.717) is 17.5 Å². The Morgan fingerprint density at radius 2 is 0.844 bits per heavy atom. The highest BCUT2D eigenvalue weighted by Gasteiger charge is 2.22. The Morgan fingerprint density at radius 1 is 0.297 bits per heavy atom. The number of aromatic nitrogens is 3. The van der Waals surface area contributed by atoms with E-state index in [0.717, 1.165) is 99.2 Å². The molecule has 0 unspecified atom stereocenters. The topological polar surface area (TPSA) is 78.1 Å². The van der Waals surface area contributed by atoms with Gasteiger partial charge in [0.15, 0.2) is 17.5 Å². The van der Waals surface area contributed by atoms with Crippen LogP contribution in [0.25, 0.3) is 142 Å². The zero-order valence-electron chi connectivity index (χ0n) is 33.9. The van der Waals surface area contributed by atoms with Gasteiger partial charge in [-0.05, 0) is 82.9 Å². The summed E-state index contributed by atoms with van der Waals surface area (Å²) >= 11 is 1.84. The van der Waals surface area contributed by atoms with Crippen molar-refractivity contribution in [3.05, 3.63) is 188 Å². The van der Waals surface area contributed by atoms with Crippen molar-refractivity contribution in [1.82, 2.24) is 15.0 Å². The lowest BCUT2D eigenvalue weighted by molar-refractivity contribution is 0.668. The molecular weight excluding hydrogens is 807 g/mol. The van der Waals surface area contributed by atoms with E-state index in [4.69, 9.17) is 28.2 Å². The second-order valence-corrected chi connectivity index (χ2v) is 17.3. The third-order valence-electron chi connectivity index (χ3n) is 12.6. The molecule has 0 bridgehead atoms. The molecule has 0 saturated heterocycles. The molecule has 64 heavy (non-hydrogen) atoms. The molecule has 0 saturated carbocycles. The van der Waals surface area contributed by atoms with Crippen LogP contribution in [0, 0.1) is 0 Å². The van der Waals surface area contributed by atoms with Crippen LogP contribution in [-0.2, 0) is 0 Å². The summed E-state index contributed by atoms with van der Waals surface area (Å²) in [5, 5.41) is 8.69. The van der Waals surface area contributed by atoms with Gasteiger partial charge in [0, 0.05) is 63.6 Å². The smallest absolute Gasteiger partial charge is 0.167 e. The van der Waals surface area contributed by atoms with Crippen molar-refractivity contribution in [1.29, 1.82) is 0 Å². The molecule has 9 aromatic carbocycles. The van der Waals surface area contributed by atoms with E-state index in [1.54, 1.807) is 0 Å². The van der Waals surface area contributed by atoms with Crippen LogP contribution in [0.1, 0.15) is 0 Å². The lowest BCUT2D eigenvalue weighted by Crippen LogP contribution is -2.00. The van der Waals surface area contributed by atoms with Crippen LogP contribution in [0.5, 0.6) is 0 Å². The van der Waals surface area contributed by atoms with Crippen molar-refractivity contribution < 1.29 is 13.3 Å². The van der Waals surface area contributed by atoms with Gasteiger partial charge in [0.1, 0.15) is 33.5 Å². The van der Waals surface area contributed by atoms with Gasteiger partial charge >= 0.3 is 0 Å². The van der Waals surface area contributed by atoms with Crippen LogP contribution >= 0.6 is 11.3 Å². The molecule has 0 aliphatic heterocycles. The molecule has 0 fully saturated rings. The fraction of sp³-hybridized carbons (Fsp3) is 0. The van der Waals surface area contributed by atoms with Gasteiger partial charge in [-0.15, -0.1) is 11.3 Å². The maximum absolute atomic E-state index is 6.58. The number of furan rings is 3. The monoisotopic (exact) mass is 837 g/mol. The Labute approximate surface area is 368 Å². The third kappa shape index (κ3) is 5.35. The summed E-state index contributed by atoms with van der Waals surface area (Å²) < 4.78 is 22.2. The van der Waals surface area contributed by atoms with Gasteiger partial charge < -0.3 is 13.3 Å². The number of nitrogens with zero attached hydrogens (tertiary/aromatic N) is 3. The van der Waals surface area contributed by atoms with E-state index in [-0.39, 0.29) is 0 Å². The molecule has 5 heterocycles. The Kier molecular flexibility index (Phi) is 7.46. The van der Waals surface area contributed by atoms with Crippen molar-refractivity contribution in [3.8, 4) is 56.4 Å². The summed E-state index contributed by atoms with van der Waals surface area (Å²) in [7, 11) is 0. The second kappa shape index (κ2) is 13.6. The number of rotatable bonds is 5. The standard InChI is InChI=1S/C57H31N3O3S/c1-2-11-32(12-3-1)55-58-56(60-57(59-55)42-18-8-16-40-37-13-4-6-19-45(37)63-54(40)42)41-17-10-21-49-53(41)44-30-35(25-28-47(44)62-49)36-15-9-20-48-52(36)43-29-33(24-27-46(43)61-48)34-23-26-39-38-14-5-7-22-50(38)64-51(39)31-34/h1-31H. The van der Waals surface area contributed by atoms with Crippen LogP contribution in [0.2, 0.25) is 0 Å². The normalized spacial score (nSPS) is 12.1. The molecule has 0 atom stereocenters. The van der Waals surface area contributed by atoms with E-state index in [1.165, 1.54) is 25.7 Å². The second-order valence-electron chi connectivity index (χ2n) is 16.2. The van der Waals surface area contributed by atoms with Crippen LogP contribution in [0.3, 0.4) is 0 Å². The summed E-state index contributed by atoms with van der Waals surface area (Å²) in [6, 6.07) is 65.1. The van der Waals surface area contributed by atoms with Crippen LogP contribution in [0.4, 0.5) is 0 Å². The van der Waals surface area contributed by atoms with Gasteiger partial charge in [-0.2, -0.15) is 0 Å². The molecular formula is C57H31N3O3S. The number of fused-ring (bicyclic) bond motifs is 12. The maximum Gasteiger partial charge on any atom is 0.167 e. The fourth-order valence-corrected chi connectivity index (χ4v) is 10.7. The summed E-state index contributed by atoms with van der Waals surface area (Å²) in [6.45, 7) is 0. The lowest BCUT2D eigenvalue weighted by Gasteiger charge is -2.10. The highest BCUT2D eigenvalue weighted by atomic mass is 32.1. The molecule has 0 aliphatic rings. The number of thiophene rings is 1. The Bertz CT molecular complexity index is 4210. The minimum Gasteiger partial charge on any atom is -0.456 e. The first-order valence-electron chi connectivity index (χ1n) is 21.2. The van der Waals surface area contributed by atoms with Gasteiger partial charge in [-0.1, -0.05) is 127 Å². The molecule has 0 N–H and O–H groups in total. The van der Waals surface area contributed by atoms with Crippen molar-refractivity contribution in [3.63, 3.8) is 0 Å². The third-order valence-corrected chi connectivity index (χ3v) is 13.7. The SMILES string of the molecule is c1ccc(-c2nc(-c3cccc4c3oc3ccccc34)nc(-c3cccc4oc5ccc(-c6cccc7oc8ccc(-c9ccc%10c(c9)sc9ccccc9%10)cc8c67)cc5c34)n2)cc1. The number of para-hydroxylation sites is 2. The largest absolute Gasteiger partial charge is 0.456 e. The first-order valence-corrected chi connectivity index (χ1v) is 22.1. The number of benzene rings is 9. The zero-order chi connectivity index (χ0) is 41.9. The van der Waals surface area contributed by atoms with Crippen molar-refractivity contribution in [2.75, 3.05) is 0 Å². The average molecular weight is 838 g/mol. The van der Waals surface area contributed by atoms with Gasteiger partial charge in [0.05, 0.1) is 5.56 Å². The van der Waals surface area contributed by atoms with Gasteiger partial charge in [0.25, 0.3) is 0 Å². The van der Waals surface area contributed by atoms with Crippen LogP contribution in [0.15, 0.2) is 201 Å². The lowest BCUT2D eigenvalue weighted by atomic mass is 9.95. The predicted octanol–water partition coefficient (Wildman–Crippen LogP) is 16.3. The van der Waals surface area contributed by atoms with Gasteiger partial charge in [0.2, 0.25) is 0 Å². The summed E-state index contributed by atoms with van der Waals surface area (Å²) in [5.74, 6) is 1.64. The Balaban J connectivity index is 0.941. The van der Waals surface area contributed by atoms with Gasteiger partial charge in [-0.25, -0.2) is 15.0 Å². The van der Waals surface area contributed by atoms with Crippen molar-refractivity contribution in [2.24, 2.45) is 0 Å². The quantitative estimate of drug-likeness (QED) is 0.172. The summed E-state index contributed by atoms with van der Waals surface area (Å²) in [5.41, 5.74) is 11.8. The van der Waals surface area contributed by atoms with Crippen molar-refractivity contribution in [2.45, 2.75) is 0 Å². The van der Waals surface area contributed by atoms with E-state index in [2.05, 4.69) is 115 Å².